The van der Waals surface area contributed by atoms with Gasteiger partial charge in [0.2, 0.25) is 0 Å². The minimum atomic E-state index is -4.42. The number of halogens is 4. The van der Waals surface area contributed by atoms with E-state index in [1.54, 1.807) is 12.1 Å². The Morgan fingerprint density at radius 2 is 1.70 bits per heavy atom. The first kappa shape index (κ1) is 25.1. The van der Waals surface area contributed by atoms with Gasteiger partial charge in [0, 0.05) is 42.8 Å². The molecule has 0 aliphatic carbocycles. The lowest BCUT2D eigenvalue weighted by molar-refractivity contribution is -0.137. The lowest BCUT2D eigenvalue weighted by Gasteiger charge is -2.37. The van der Waals surface area contributed by atoms with Crippen LogP contribution in [0.15, 0.2) is 66.7 Å². The van der Waals surface area contributed by atoms with E-state index >= 15 is 0 Å². The number of likely N-dealkylation sites (tertiary alicyclic amines) is 1. The van der Waals surface area contributed by atoms with E-state index in [0.29, 0.717) is 23.7 Å². The molecule has 8 heteroatoms. The molecule has 37 heavy (non-hydrogen) atoms. The van der Waals surface area contributed by atoms with Crippen molar-refractivity contribution in [2.45, 2.75) is 19.2 Å². The SMILES string of the molecule is CC1=C(c2ccc(C(F)(F)F)cc2)[C@@H](c2ccc(OCCN3CC(CF)C3)cc2)Oc2cc(O)ccc21. The molecular weight excluding hydrogens is 486 g/mol. The van der Waals surface area contributed by atoms with E-state index in [9.17, 15) is 22.7 Å². The van der Waals surface area contributed by atoms with Crippen LogP contribution in [-0.2, 0) is 6.18 Å². The van der Waals surface area contributed by atoms with Crippen molar-refractivity contribution >= 4 is 11.1 Å². The van der Waals surface area contributed by atoms with Crippen LogP contribution in [0.5, 0.6) is 17.2 Å². The maximum atomic E-state index is 13.2. The van der Waals surface area contributed by atoms with Gasteiger partial charge in [0.15, 0.2) is 0 Å². The number of ether oxygens (including phenoxy) is 2. The zero-order chi connectivity index (χ0) is 26.2. The number of benzene rings is 3. The largest absolute Gasteiger partial charge is 0.508 e. The minimum Gasteiger partial charge on any atom is -0.508 e. The number of hydrogen-bond donors (Lipinski definition) is 1. The third kappa shape index (κ3) is 5.30. The predicted molar refractivity (Wildman–Crippen MR) is 133 cm³/mol. The number of nitrogens with zero attached hydrogens (tertiary/aromatic N) is 1. The Hall–Kier alpha value is -3.52. The Bertz CT molecular complexity index is 1280. The van der Waals surface area contributed by atoms with Gasteiger partial charge >= 0.3 is 6.18 Å². The first-order valence-corrected chi connectivity index (χ1v) is 12.1. The van der Waals surface area contributed by atoms with E-state index in [2.05, 4.69) is 4.90 Å². The van der Waals surface area contributed by atoms with E-state index in [4.69, 9.17) is 9.47 Å². The summed E-state index contributed by atoms with van der Waals surface area (Å²) in [5.74, 6) is 1.38. The molecule has 0 bridgehead atoms. The Kier molecular flexibility index (Phi) is 6.86. The van der Waals surface area contributed by atoms with Crippen LogP contribution >= 0.6 is 0 Å². The maximum absolute atomic E-state index is 13.2. The van der Waals surface area contributed by atoms with Crippen LogP contribution in [0.4, 0.5) is 17.6 Å². The summed E-state index contributed by atoms with van der Waals surface area (Å²) in [4.78, 5) is 2.14. The molecule has 0 saturated carbocycles. The summed E-state index contributed by atoms with van der Waals surface area (Å²) < 4.78 is 64.2. The summed E-state index contributed by atoms with van der Waals surface area (Å²) in [5, 5.41) is 9.99. The van der Waals surface area contributed by atoms with Crippen LogP contribution in [0.1, 0.15) is 35.3 Å². The molecule has 1 fully saturated rings. The predicted octanol–water partition coefficient (Wildman–Crippen LogP) is 6.76. The number of phenols is 1. The third-order valence-corrected chi connectivity index (χ3v) is 6.91. The molecule has 0 amide bonds. The second kappa shape index (κ2) is 10.1. The Labute approximate surface area is 212 Å². The molecule has 4 nitrogen and oxygen atoms in total. The van der Waals surface area contributed by atoms with Crippen molar-refractivity contribution < 1.29 is 32.1 Å². The second-order valence-corrected chi connectivity index (χ2v) is 9.49. The summed E-state index contributed by atoms with van der Waals surface area (Å²) in [6.45, 7) is 4.35. The average molecular weight is 514 g/mol. The third-order valence-electron chi connectivity index (χ3n) is 6.91. The Morgan fingerprint density at radius 3 is 2.35 bits per heavy atom. The smallest absolute Gasteiger partial charge is 0.416 e. The van der Waals surface area contributed by atoms with Crippen molar-refractivity contribution in [1.29, 1.82) is 0 Å². The molecule has 2 aliphatic rings. The summed E-state index contributed by atoms with van der Waals surface area (Å²) >= 11 is 0. The first-order valence-electron chi connectivity index (χ1n) is 12.1. The molecule has 3 aromatic carbocycles. The van der Waals surface area contributed by atoms with Crippen molar-refractivity contribution in [3.63, 3.8) is 0 Å². The maximum Gasteiger partial charge on any atom is 0.416 e. The van der Waals surface area contributed by atoms with Gasteiger partial charge in [0.05, 0.1) is 12.2 Å². The van der Waals surface area contributed by atoms with Crippen LogP contribution in [0.25, 0.3) is 11.1 Å². The average Bonchev–Trinajstić information content (AvgIpc) is 2.85. The standard InChI is InChI=1S/C29H27F4NO3/c1-18-25-11-8-23(35)14-26(25)37-28(27(18)20-2-6-22(7-3-20)29(31,32)33)21-4-9-24(10-5-21)36-13-12-34-16-19(15-30)17-34/h2-11,14,19,28,35H,12-13,15-17H2,1H3/t28-/m1/s1. The van der Waals surface area contributed by atoms with Gasteiger partial charge < -0.3 is 14.6 Å². The van der Waals surface area contributed by atoms with Crippen molar-refractivity contribution in [3.05, 3.63) is 89.0 Å². The zero-order valence-corrected chi connectivity index (χ0v) is 20.3. The van der Waals surface area contributed by atoms with E-state index < -0.39 is 17.8 Å². The van der Waals surface area contributed by atoms with Gasteiger partial charge in [0.25, 0.3) is 0 Å². The summed E-state index contributed by atoms with van der Waals surface area (Å²) in [6, 6.07) is 17.3. The molecule has 194 valence electrons. The molecule has 2 heterocycles. The van der Waals surface area contributed by atoms with E-state index in [0.717, 1.165) is 54.0 Å². The lowest BCUT2D eigenvalue weighted by atomic mass is 9.86. The highest BCUT2D eigenvalue weighted by Gasteiger charge is 2.33. The van der Waals surface area contributed by atoms with Gasteiger partial charge in [-0.1, -0.05) is 24.3 Å². The number of aromatic hydroxyl groups is 1. The van der Waals surface area contributed by atoms with Gasteiger partial charge in [-0.05, 0) is 60.0 Å². The normalized spacial score (nSPS) is 18.2. The van der Waals surface area contributed by atoms with Crippen LogP contribution in [0.2, 0.25) is 0 Å². The highest BCUT2D eigenvalue weighted by Crippen LogP contribution is 2.47. The van der Waals surface area contributed by atoms with E-state index in [1.807, 2.05) is 31.2 Å². The molecule has 2 aliphatic heterocycles. The van der Waals surface area contributed by atoms with E-state index in [-0.39, 0.29) is 18.3 Å². The van der Waals surface area contributed by atoms with Crippen LogP contribution in [0, 0.1) is 5.92 Å². The molecule has 0 unspecified atom stereocenters. The fraction of sp³-hybridized carbons (Fsp3) is 0.310. The number of allylic oxidation sites excluding steroid dienone is 1. The quantitative estimate of drug-likeness (QED) is 0.355. The number of fused-ring (bicyclic) bond motifs is 1. The van der Waals surface area contributed by atoms with Crippen molar-refractivity contribution in [3.8, 4) is 17.2 Å². The summed E-state index contributed by atoms with van der Waals surface area (Å²) in [7, 11) is 0. The minimum absolute atomic E-state index is 0.0621. The molecule has 1 N–H and O–H groups in total. The molecule has 1 saturated heterocycles. The monoisotopic (exact) mass is 513 g/mol. The van der Waals surface area contributed by atoms with Crippen LogP contribution in [-0.4, -0.2) is 42.9 Å². The molecule has 0 spiro atoms. The fourth-order valence-corrected chi connectivity index (χ4v) is 4.88. The fourth-order valence-electron chi connectivity index (χ4n) is 4.88. The topological polar surface area (TPSA) is 41.9 Å². The highest BCUT2D eigenvalue weighted by molar-refractivity contribution is 5.95. The van der Waals surface area contributed by atoms with Crippen molar-refractivity contribution in [2.24, 2.45) is 5.92 Å². The lowest BCUT2D eigenvalue weighted by Crippen LogP contribution is -2.49. The molecule has 1 atom stereocenters. The number of rotatable bonds is 7. The summed E-state index contributed by atoms with van der Waals surface area (Å²) in [5.41, 5.74) is 3.07. The zero-order valence-electron chi connectivity index (χ0n) is 20.3. The summed E-state index contributed by atoms with van der Waals surface area (Å²) in [6.07, 6.45) is -5.02. The van der Waals surface area contributed by atoms with Gasteiger partial charge in [-0.15, -0.1) is 0 Å². The number of alkyl halides is 4. The Balaban J connectivity index is 1.40. The highest BCUT2D eigenvalue weighted by atomic mass is 19.4. The molecule has 3 aromatic rings. The first-order chi connectivity index (χ1) is 17.7. The second-order valence-electron chi connectivity index (χ2n) is 9.49. The molecule has 0 aromatic heterocycles. The number of phenolic OH excluding ortho intramolecular Hbond substituents is 1. The molecular formula is C29H27F4NO3. The number of hydrogen-bond acceptors (Lipinski definition) is 4. The van der Waals surface area contributed by atoms with Crippen molar-refractivity contribution in [1.82, 2.24) is 4.90 Å². The van der Waals surface area contributed by atoms with Gasteiger partial charge in [-0.25, -0.2) is 0 Å². The van der Waals surface area contributed by atoms with Crippen LogP contribution < -0.4 is 9.47 Å². The molecule has 0 radical (unpaired) electrons. The van der Waals surface area contributed by atoms with Crippen molar-refractivity contribution in [2.75, 3.05) is 32.9 Å². The van der Waals surface area contributed by atoms with Gasteiger partial charge in [-0.3, -0.25) is 9.29 Å². The molecule has 5 rings (SSSR count). The van der Waals surface area contributed by atoms with Gasteiger partial charge in [0.1, 0.15) is 30.0 Å². The van der Waals surface area contributed by atoms with Gasteiger partial charge in [-0.2, -0.15) is 13.2 Å². The Morgan fingerprint density at radius 1 is 1.00 bits per heavy atom. The van der Waals surface area contributed by atoms with E-state index in [1.165, 1.54) is 18.2 Å². The van der Waals surface area contributed by atoms with Crippen LogP contribution in [0.3, 0.4) is 0 Å².